The summed E-state index contributed by atoms with van der Waals surface area (Å²) in [5.74, 6) is -0.668. The van der Waals surface area contributed by atoms with Crippen molar-refractivity contribution in [2.75, 3.05) is 24.2 Å². The van der Waals surface area contributed by atoms with Gasteiger partial charge in [0.25, 0.3) is 0 Å². The lowest BCUT2D eigenvalue weighted by atomic mass is 9.91. The summed E-state index contributed by atoms with van der Waals surface area (Å²) in [6, 6.07) is 7.59. The molecule has 0 aromatic heterocycles. The van der Waals surface area contributed by atoms with E-state index in [1.165, 1.54) is 24.2 Å². The van der Waals surface area contributed by atoms with Crippen molar-refractivity contribution in [1.82, 2.24) is 9.62 Å². The van der Waals surface area contributed by atoms with E-state index >= 15 is 0 Å². The minimum atomic E-state index is -3.62. The third-order valence-electron chi connectivity index (χ3n) is 6.55. The van der Waals surface area contributed by atoms with Crippen LogP contribution < -0.4 is 10.2 Å². The summed E-state index contributed by atoms with van der Waals surface area (Å²) in [5, 5.41) is 3.17. The zero-order valence-electron chi connectivity index (χ0n) is 18.9. The number of piperazine rings is 1. The summed E-state index contributed by atoms with van der Waals surface area (Å²) >= 11 is 0. The SMILES string of the molecule is CCc1ccccc1N1C(=O)CN(S(C)(=O)=O)CC1(C)C(=O)NC1CCCCCCC1. The average molecular weight is 450 g/mol. The molecule has 1 atom stereocenters. The number of carbonyl (C=O) groups is 2. The number of rotatable bonds is 5. The van der Waals surface area contributed by atoms with E-state index in [-0.39, 0.29) is 30.9 Å². The average Bonchev–Trinajstić information content (AvgIpc) is 2.69. The zero-order valence-corrected chi connectivity index (χ0v) is 19.7. The summed E-state index contributed by atoms with van der Waals surface area (Å²) in [4.78, 5) is 28.5. The molecule has 2 amide bonds. The normalized spacial score (nSPS) is 24.5. The Hall–Kier alpha value is -1.93. The topological polar surface area (TPSA) is 86.8 Å². The van der Waals surface area contributed by atoms with Crippen LogP contribution in [0.3, 0.4) is 0 Å². The molecule has 8 heteroatoms. The highest BCUT2D eigenvalue weighted by atomic mass is 32.2. The van der Waals surface area contributed by atoms with Crippen LogP contribution >= 0.6 is 0 Å². The number of nitrogens with one attached hydrogen (secondary N) is 1. The summed E-state index contributed by atoms with van der Waals surface area (Å²) in [6.45, 7) is 3.37. The largest absolute Gasteiger partial charge is 0.351 e. The van der Waals surface area contributed by atoms with Crippen molar-refractivity contribution in [3.8, 4) is 0 Å². The number of benzene rings is 1. The van der Waals surface area contributed by atoms with Gasteiger partial charge in [0.1, 0.15) is 5.54 Å². The monoisotopic (exact) mass is 449 g/mol. The fourth-order valence-corrected chi connectivity index (χ4v) is 5.57. The molecule has 1 aliphatic heterocycles. The molecule has 1 saturated carbocycles. The first-order valence-electron chi connectivity index (χ1n) is 11.3. The molecule has 1 aromatic rings. The van der Waals surface area contributed by atoms with E-state index in [9.17, 15) is 18.0 Å². The van der Waals surface area contributed by atoms with Gasteiger partial charge < -0.3 is 5.32 Å². The van der Waals surface area contributed by atoms with Crippen LogP contribution in [0, 0.1) is 0 Å². The maximum atomic E-state index is 13.7. The fraction of sp³-hybridized carbons (Fsp3) is 0.652. The highest BCUT2D eigenvalue weighted by molar-refractivity contribution is 7.88. The number of nitrogens with zero attached hydrogens (tertiary/aromatic N) is 2. The lowest BCUT2D eigenvalue weighted by Gasteiger charge is -2.47. The number of hydrogen-bond donors (Lipinski definition) is 1. The van der Waals surface area contributed by atoms with Crippen molar-refractivity contribution >= 4 is 27.5 Å². The molecule has 1 saturated heterocycles. The molecule has 1 aliphatic carbocycles. The molecule has 31 heavy (non-hydrogen) atoms. The molecule has 0 spiro atoms. The number of anilines is 1. The molecular formula is C23H35N3O4S. The van der Waals surface area contributed by atoms with Crippen molar-refractivity contribution in [3.05, 3.63) is 29.8 Å². The maximum Gasteiger partial charge on any atom is 0.247 e. The molecule has 2 fully saturated rings. The van der Waals surface area contributed by atoms with E-state index in [2.05, 4.69) is 5.32 Å². The maximum absolute atomic E-state index is 13.7. The van der Waals surface area contributed by atoms with Crippen molar-refractivity contribution in [3.63, 3.8) is 0 Å². The van der Waals surface area contributed by atoms with Crippen LogP contribution in [-0.2, 0) is 26.0 Å². The van der Waals surface area contributed by atoms with Crippen molar-refractivity contribution in [2.45, 2.75) is 76.8 Å². The lowest BCUT2D eigenvalue weighted by molar-refractivity contribution is -0.133. The Bertz CT molecular complexity index is 909. The van der Waals surface area contributed by atoms with Crippen LogP contribution in [0.1, 0.15) is 64.4 Å². The summed E-state index contributed by atoms with van der Waals surface area (Å²) in [5.41, 5.74) is 0.304. The molecule has 1 heterocycles. The Balaban J connectivity index is 1.97. The van der Waals surface area contributed by atoms with Gasteiger partial charge in [0.05, 0.1) is 12.8 Å². The zero-order chi connectivity index (χ0) is 22.6. The predicted octanol–water partition coefficient (Wildman–Crippen LogP) is 2.85. The van der Waals surface area contributed by atoms with Crippen molar-refractivity contribution in [2.24, 2.45) is 0 Å². The van der Waals surface area contributed by atoms with Gasteiger partial charge >= 0.3 is 0 Å². The van der Waals surface area contributed by atoms with E-state index in [1.807, 2.05) is 31.2 Å². The molecule has 1 aromatic carbocycles. The minimum Gasteiger partial charge on any atom is -0.351 e. The second-order valence-corrected chi connectivity index (χ2v) is 11.0. The van der Waals surface area contributed by atoms with Gasteiger partial charge in [-0.3, -0.25) is 14.5 Å². The lowest BCUT2D eigenvalue weighted by Crippen LogP contribution is -2.70. The third kappa shape index (κ3) is 5.29. The predicted molar refractivity (Wildman–Crippen MR) is 122 cm³/mol. The van der Waals surface area contributed by atoms with Crippen molar-refractivity contribution in [1.29, 1.82) is 0 Å². The van der Waals surface area contributed by atoms with Gasteiger partial charge in [0.2, 0.25) is 21.8 Å². The number of para-hydroxylation sites is 1. The highest BCUT2D eigenvalue weighted by Gasteiger charge is 2.51. The number of hydrogen-bond acceptors (Lipinski definition) is 4. The smallest absolute Gasteiger partial charge is 0.247 e. The van der Waals surface area contributed by atoms with E-state index in [0.29, 0.717) is 12.1 Å². The minimum absolute atomic E-state index is 0.0524. The molecule has 1 N–H and O–H groups in total. The molecule has 1 unspecified atom stereocenters. The number of aryl methyl sites for hydroxylation is 1. The van der Waals surface area contributed by atoms with E-state index < -0.39 is 15.6 Å². The van der Waals surface area contributed by atoms with Crippen molar-refractivity contribution < 1.29 is 18.0 Å². The Labute approximate surface area is 186 Å². The molecule has 7 nitrogen and oxygen atoms in total. The van der Waals surface area contributed by atoms with Gasteiger partial charge in [-0.15, -0.1) is 0 Å². The first kappa shape index (κ1) is 23.7. The Morgan fingerprint density at radius 3 is 2.35 bits per heavy atom. The quantitative estimate of drug-likeness (QED) is 0.749. The summed E-state index contributed by atoms with van der Waals surface area (Å²) in [6.07, 6.45) is 9.32. The molecular weight excluding hydrogens is 414 g/mol. The molecule has 0 radical (unpaired) electrons. The Morgan fingerprint density at radius 1 is 1.13 bits per heavy atom. The first-order chi connectivity index (χ1) is 14.7. The summed E-state index contributed by atoms with van der Waals surface area (Å²) in [7, 11) is -3.62. The second kappa shape index (κ2) is 9.69. The van der Waals surface area contributed by atoms with Crippen LogP contribution in [0.25, 0.3) is 0 Å². The molecule has 172 valence electrons. The highest BCUT2D eigenvalue weighted by Crippen LogP contribution is 2.33. The van der Waals surface area contributed by atoms with Gasteiger partial charge in [0.15, 0.2) is 0 Å². The van der Waals surface area contributed by atoms with Gasteiger partial charge in [-0.05, 0) is 37.8 Å². The fourth-order valence-electron chi connectivity index (χ4n) is 4.74. The van der Waals surface area contributed by atoms with Gasteiger partial charge in [-0.1, -0.05) is 57.2 Å². The van der Waals surface area contributed by atoms with Crippen LogP contribution in [0.15, 0.2) is 24.3 Å². The van der Waals surface area contributed by atoms with E-state index in [0.717, 1.165) is 41.8 Å². The van der Waals surface area contributed by atoms with E-state index in [4.69, 9.17) is 0 Å². The number of amides is 2. The van der Waals surface area contributed by atoms with Crippen LogP contribution in [0.5, 0.6) is 0 Å². The van der Waals surface area contributed by atoms with Gasteiger partial charge in [-0.25, -0.2) is 8.42 Å². The summed E-state index contributed by atoms with van der Waals surface area (Å²) < 4.78 is 25.7. The van der Waals surface area contributed by atoms with Gasteiger partial charge in [0, 0.05) is 18.3 Å². The third-order valence-corrected chi connectivity index (χ3v) is 7.75. The van der Waals surface area contributed by atoms with Crippen LogP contribution in [-0.4, -0.2) is 55.5 Å². The second-order valence-electron chi connectivity index (χ2n) is 9.03. The molecule has 3 rings (SSSR count). The molecule has 2 aliphatic rings. The number of carbonyl (C=O) groups excluding carboxylic acids is 2. The van der Waals surface area contributed by atoms with Crippen LogP contribution in [0.2, 0.25) is 0 Å². The first-order valence-corrected chi connectivity index (χ1v) is 13.2. The van der Waals surface area contributed by atoms with E-state index in [1.54, 1.807) is 6.92 Å². The van der Waals surface area contributed by atoms with Gasteiger partial charge in [-0.2, -0.15) is 4.31 Å². The number of sulfonamides is 1. The Morgan fingerprint density at radius 2 is 1.74 bits per heavy atom. The molecule has 0 bridgehead atoms. The Kier molecular flexibility index (Phi) is 7.42. The van der Waals surface area contributed by atoms with Crippen LogP contribution in [0.4, 0.5) is 5.69 Å². The standard InChI is InChI=1S/C23H35N3O4S/c1-4-18-12-10-11-15-20(18)26-21(27)16-25(31(3,29)30)17-23(26,2)22(28)24-19-13-8-6-5-7-9-14-19/h10-12,15,19H,4-9,13-14,16-17H2,1-3H3,(H,24,28).